The monoisotopic (exact) mass is 526 g/mol. The quantitative estimate of drug-likeness (QED) is 0.278. The molecular formula is C26H21F3N4O3S. The molecule has 5 rings (SSSR count). The summed E-state index contributed by atoms with van der Waals surface area (Å²) in [5, 5.41) is 6.25. The van der Waals surface area contributed by atoms with E-state index in [4.69, 9.17) is 14.9 Å². The molecule has 0 aliphatic rings. The van der Waals surface area contributed by atoms with E-state index in [0.29, 0.717) is 10.9 Å². The lowest BCUT2D eigenvalue weighted by Crippen LogP contribution is -2.25. The van der Waals surface area contributed by atoms with Crippen molar-refractivity contribution < 1.29 is 27.1 Å². The molecule has 0 unspecified atom stereocenters. The van der Waals surface area contributed by atoms with Crippen LogP contribution in [-0.4, -0.2) is 23.0 Å². The summed E-state index contributed by atoms with van der Waals surface area (Å²) in [6.45, 7) is 1.91. The molecule has 0 fully saturated rings. The summed E-state index contributed by atoms with van der Waals surface area (Å²) in [5.74, 6) is -0.136. The summed E-state index contributed by atoms with van der Waals surface area (Å²) in [6, 6.07) is 12.5. The Morgan fingerprint density at radius 1 is 1.16 bits per heavy atom. The van der Waals surface area contributed by atoms with E-state index in [9.17, 15) is 18.0 Å². The Labute approximate surface area is 213 Å². The Hall–Kier alpha value is -3.96. The first-order valence-corrected chi connectivity index (χ1v) is 12.1. The van der Waals surface area contributed by atoms with Gasteiger partial charge in [0.25, 0.3) is 5.91 Å². The maximum Gasteiger partial charge on any atom is 0.433 e. The molecule has 190 valence electrons. The van der Waals surface area contributed by atoms with E-state index in [1.165, 1.54) is 19.2 Å². The van der Waals surface area contributed by atoms with Crippen LogP contribution in [-0.2, 0) is 12.7 Å². The van der Waals surface area contributed by atoms with Gasteiger partial charge in [-0.15, -0.1) is 11.3 Å². The van der Waals surface area contributed by atoms with E-state index < -0.39 is 23.8 Å². The van der Waals surface area contributed by atoms with Gasteiger partial charge in [-0.3, -0.25) is 4.79 Å². The van der Waals surface area contributed by atoms with Gasteiger partial charge in [-0.2, -0.15) is 13.2 Å². The molecule has 37 heavy (non-hydrogen) atoms. The van der Waals surface area contributed by atoms with Crippen LogP contribution in [0.3, 0.4) is 0 Å². The van der Waals surface area contributed by atoms with Gasteiger partial charge in [0.2, 0.25) is 5.89 Å². The van der Waals surface area contributed by atoms with Gasteiger partial charge < -0.3 is 20.2 Å². The Balaban J connectivity index is 1.50. The SMILES string of the molecule is COc1ccc(-c2nc(C(=O)NCc3ccc4sccc4c3)c([C@H](C)N)o2)c2ccc(C(F)(F)F)nc12. The number of pyridine rings is 1. The van der Waals surface area contributed by atoms with Gasteiger partial charge >= 0.3 is 6.18 Å². The molecule has 2 aromatic carbocycles. The minimum atomic E-state index is -4.63. The molecule has 3 heterocycles. The maximum atomic E-state index is 13.3. The second-order valence-electron chi connectivity index (χ2n) is 8.40. The first kappa shape index (κ1) is 24.7. The highest BCUT2D eigenvalue weighted by Gasteiger charge is 2.33. The molecule has 0 saturated carbocycles. The number of nitrogens with two attached hydrogens (primary N) is 1. The molecule has 5 aromatic rings. The standard InChI is InChI=1S/C26H21F3N4O3S/c1-13(30)23-22(24(34)31-12-14-3-7-19-15(11-14)9-10-37-19)33-25(36-23)17-4-6-18(35-2)21-16(17)5-8-20(32-21)26(27,28)29/h3-11,13H,12,30H2,1-2H3,(H,31,34)/t13-/m0/s1. The summed E-state index contributed by atoms with van der Waals surface area (Å²) >= 11 is 1.64. The molecule has 0 aliphatic carbocycles. The van der Waals surface area contributed by atoms with Crippen molar-refractivity contribution in [3.63, 3.8) is 0 Å². The van der Waals surface area contributed by atoms with Crippen LogP contribution in [0.25, 0.3) is 32.4 Å². The highest BCUT2D eigenvalue weighted by atomic mass is 32.1. The lowest BCUT2D eigenvalue weighted by Gasteiger charge is -2.11. The van der Waals surface area contributed by atoms with Crippen LogP contribution >= 0.6 is 11.3 Å². The fraction of sp³-hybridized carbons (Fsp3) is 0.192. The van der Waals surface area contributed by atoms with Crippen LogP contribution in [0.5, 0.6) is 5.75 Å². The number of benzene rings is 2. The van der Waals surface area contributed by atoms with E-state index >= 15 is 0 Å². The van der Waals surface area contributed by atoms with E-state index in [0.717, 1.165) is 21.7 Å². The number of hydrogen-bond acceptors (Lipinski definition) is 7. The molecule has 0 saturated heterocycles. The number of nitrogens with zero attached hydrogens (tertiary/aromatic N) is 2. The number of carbonyl (C=O) groups excluding carboxylic acids is 1. The van der Waals surface area contributed by atoms with E-state index in [2.05, 4.69) is 15.3 Å². The van der Waals surface area contributed by atoms with Gasteiger partial charge in [-0.1, -0.05) is 6.07 Å². The number of amides is 1. The fourth-order valence-corrected chi connectivity index (χ4v) is 4.78. The second kappa shape index (κ2) is 9.49. The van der Waals surface area contributed by atoms with Crippen LogP contribution in [0.1, 0.15) is 40.5 Å². The molecule has 7 nitrogen and oxygen atoms in total. The van der Waals surface area contributed by atoms with Crippen molar-refractivity contribution in [3.8, 4) is 17.2 Å². The number of rotatable bonds is 6. The molecule has 3 N–H and O–H groups in total. The lowest BCUT2D eigenvalue weighted by molar-refractivity contribution is -0.140. The van der Waals surface area contributed by atoms with Gasteiger partial charge in [0.1, 0.15) is 17.0 Å². The second-order valence-corrected chi connectivity index (χ2v) is 9.35. The minimum Gasteiger partial charge on any atom is -0.494 e. The van der Waals surface area contributed by atoms with Crippen LogP contribution in [0.4, 0.5) is 13.2 Å². The van der Waals surface area contributed by atoms with E-state index in [1.807, 2.05) is 29.6 Å². The zero-order valence-corrected chi connectivity index (χ0v) is 20.5. The molecule has 0 spiro atoms. The van der Waals surface area contributed by atoms with Crippen LogP contribution in [0.15, 0.2) is 58.3 Å². The molecule has 1 amide bonds. The molecule has 0 aliphatic heterocycles. The first-order valence-electron chi connectivity index (χ1n) is 11.2. The third-order valence-electron chi connectivity index (χ3n) is 5.81. The molecular weight excluding hydrogens is 505 g/mol. The number of alkyl halides is 3. The normalized spacial score (nSPS) is 12.7. The zero-order valence-electron chi connectivity index (χ0n) is 19.7. The van der Waals surface area contributed by atoms with Crippen LogP contribution < -0.4 is 15.8 Å². The average Bonchev–Trinajstić information content (AvgIpc) is 3.53. The zero-order chi connectivity index (χ0) is 26.3. The Morgan fingerprint density at radius 3 is 2.70 bits per heavy atom. The molecule has 0 bridgehead atoms. The third-order valence-corrected chi connectivity index (χ3v) is 6.71. The minimum absolute atomic E-state index is 0.00505. The summed E-state index contributed by atoms with van der Waals surface area (Å²) in [4.78, 5) is 21.2. The number of carbonyl (C=O) groups is 1. The lowest BCUT2D eigenvalue weighted by atomic mass is 10.1. The largest absolute Gasteiger partial charge is 0.494 e. The first-order chi connectivity index (χ1) is 17.7. The fourth-order valence-electron chi connectivity index (χ4n) is 4.01. The van der Waals surface area contributed by atoms with Crippen molar-refractivity contribution in [2.75, 3.05) is 7.11 Å². The summed E-state index contributed by atoms with van der Waals surface area (Å²) < 4.78 is 52.1. The van der Waals surface area contributed by atoms with Crippen molar-refractivity contribution in [1.82, 2.24) is 15.3 Å². The van der Waals surface area contributed by atoms with Gasteiger partial charge in [0.15, 0.2) is 11.5 Å². The topological polar surface area (TPSA) is 103 Å². The molecule has 0 radical (unpaired) electrons. The predicted molar refractivity (Wildman–Crippen MR) is 134 cm³/mol. The number of oxazole rings is 1. The van der Waals surface area contributed by atoms with Gasteiger partial charge in [-0.05, 0) is 65.7 Å². The smallest absolute Gasteiger partial charge is 0.433 e. The average molecular weight is 527 g/mol. The Kier molecular flexibility index (Phi) is 6.34. The number of methoxy groups -OCH3 is 1. The number of fused-ring (bicyclic) bond motifs is 2. The number of nitrogens with one attached hydrogen (secondary N) is 1. The van der Waals surface area contributed by atoms with Crippen molar-refractivity contribution >= 4 is 38.2 Å². The summed E-state index contributed by atoms with van der Waals surface area (Å²) in [7, 11) is 1.34. The van der Waals surface area contributed by atoms with E-state index in [1.54, 1.807) is 24.3 Å². The highest BCUT2D eigenvalue weighted by molar-refractivity contribution is 7.17. The van der Waals surface area contributed by atoms with Crippen LogP contribution in [0.2, 0.25) is 0 Å². The number of ether oxygens (including phenoxy) is 1. The van der Waals surface area contributed by atoms with Gasteiger partial charge in [-0.25, -0.2) is 9.97 Å². The van der Waals surface area contributed by atoms with E-state index in [-0.39, 0.29) is 35.2 Å². The summed E-state index contributed by atoms with van der Waals surface area (Å²) in [6.07, 6.45) is -4.63. The summed E-state index contributed by atoms with van der Waals surface area (Å²) in [5.41, 5.74) is 6.26. The molecule has 3 aromatic heterocycles. The van der Waals surface area contributed by atoms with Crippen LogP contribution in [0, 0.1) is 0 Å². The van der Waals surface area contributed by atoms with Gasteiger partial charge in [0.05, 0.1) is 13.2 Å². The number of hydrogen-bond donors (Lipinski definition) is 2. The predicted octanol–water partition coefficient (Wildman–Crippen LogP) is 6.08. The maximum absolute atomic E-state index is 13.3. The number of aromatic nitrogens is 2. The Morgan fingerprint density at radius 2 is 1.97 bits per heavy atom. The number of halogens is 3. The Bertz CT molecular complexity index is 1620. The van der Waals surface area contributed by atoms with Crippen molar-refractivity contribution in [2.24, 2.45) is 5.73 Å². The highest BCUT2D eigenvalue weighted by Crippen LogP contribution is 2.37. The molecule has 1 atom stereocenters. The third kappa shape index (κ3) is 4.75. The number of thiophene rings is 1. The van der Waals surface area contributed by atoms with Gasteiger partial charge in [0, 0.05) is 22.2 Å². The van der Waals surface area contributed by atoms with Crippen molar-refractivity contribution in [1.29, 1.82) is 0 Å². The molecule has 11 heteroatoms. The van der Waals surface area contributed by atoms with Crippen molar-refractivity contribution in [2.45, 2.75) is 25.7 Å². The van der Waals surface area contributed by atoms with Crippen molar-refractivity contribution in [3.05, 3.63) is 76.6 Å².